The molecule has 2 unspecified atom stereocenters. The Morgan fingerprint density at radius 2 is 1.35 bits per heavy atom. The van der Waals surface area contributed by atoms with E-state index in [0.29, 0.717) is 5.92 Å². The molecule has 0 N–H and O–H groups in total. The number of hydrogen-bond acceptors (Lipinski definition) is 1. The summed E-state index contributed by atoms with van der Waals surface area (Å²) in [6, 6.07) is 18.0. The minimum absolute atomic E-state index is 0.279. The van der Waals surface area contributed by atoms with Crippen molar-refractivity contribution in [1.29, 1.82) is 0 Å². The molecule has 2 aliphatic carbocycles. The van der Waals surface area contributed by atoms with Gasteiger partial charge in [0.05, 0.1) is 6.04 Å². The van der Waals surface area contributed by atoms with Gasteiger partial charge in [0.2, 0.25) is 0 Å². The molecule has 2 aromatic carbocycles. The summed E-state index contributed by atoms with van der Waals surface area (Å²) in [5, 5.41) is 0. The summed E-state index contributed by atoms with van der Waals surface area (Å²) < 4.78 is 0. The van der Waals surface area contributed by atoms with E-state index in [4.69, 9.17) is 0 Å². The Morgan fingerprint density at radius 3 is 1.94 bits per heavy atom. The molecule has 0 aliphatic heterocycles. The highest BCUT2D eigenvalue weighted by Gasteiger charge is 2.34. The highest BCUT2D eigenvalue weighted by molar-refractivity contribution is 5.86. The Bertz CT molecular complexity index is 1090. The predicted molar refractivity (Wildman–Crippen MR) is 153 cm³/mol. The first kappa shape index (κ1) is 27.3. The lowest BCUT2D eigenvalue weighted by Crippen LogP contribution is -2.29. The minimum atomic E-state index is 0.279. The molecule has 0 aromatic heterocycles. The van der Waals surface area contributed by atoms with Crippen LogP contribution in [0.25, 0.3) is 11.1 Å². The fourth-order valence-electron chi connectivity index (χ4n) is 5.23. The molecule has 2 atom stereocenters. The molecule has 2 aliphatic rings. The minimum Gasteiger partial charge on any atom is -0.294 e. The summed E-state index contributed by atoms with van der Waals surface area (Å²) in [6.45, 7) is 19.6. The van der Waals surface area contributed by atoms with Crippen molar-refractivity contribution in [3.05, 3.63) is 119 Å². The molecule has 1 nitrogen and oxygen atoms in total. The van der Waals surface area contributed by atoms with Crippen molar-refractivity contribution in [2.24, 2.45) is 0 Å². The molecule has 0 fully saturated rings. The van der Waals surface area contributed by atoms with Gasteiger partial charge in [-0.15, -0.1) is 0 Å². The largest absolute Gasteiger partial charge is 0.294 e. The quantitative estimate of drug-likeness (QED) is 0.421. The van der Waals surface area contributed by atoms with E-state index in [0.717, 1.165) is 6.54 Å². The third-order valence-corrected chi connectivity index (χ3v) is 6.51. The summed E-state index contributed by atoms with van der Waals surface area (Å²) in [6.07, 6.45) is 10.9. The third-order valence-electron chi connectivity index (χ3n) is 6.51. The third kappa shape index (κ3) is 5.10. The monoisotopic (exact) mass is 453 g/mol. The van der Waals surface area contributed by atoms with Crippen LogP contribution in [0.1, 0.15) is 82.7 Å². The molecular formula is C33H43N. The van der Waals surface area contributed by atoms with Crippen LogP contribution in [-0.4, -0.2) is 18.5 Å². The normalized spacial score (nSPS) is 18.6. The van der Waals surface area contributed by atoms with E-state index in [-0.39, 0.29) is 6.04 Å². The lowest BCUT2D eigenvalue weighted by Gasteiger charge is -2.30. The van der Waals surface area contributed by atoms with Crippen molar-refractivity contribution < 1.29 is 0 Å². The van der Waals surface area contributed by atoms with Crippen LogP contribution in [0, 0.1) is 0 Å². The van der Waals surface area contributed by atoms with Gasteiger partial charge in [0.15, 0.2) is 0 Å². The van der Waals surface area contributed by atoms with Crippen LogP contribution in [0.5, 0.6) is 0 Å². The number of likely N-dealkylation sites (N-methyl/N-ethyl adjacent to an activating group) is 1. The zero-order chi connectivity index (χ0) is 25.3. The fourth-order valence-corrected chi connectivity index (χ4v) is 5.23. The molecule has 0 radical (unpaired) electrons. The van der Waals surface area contributed by atoms with E-state index >= 15 is 0 Å². The van der Waals surface area contributed by atoms with Crippen molar-refractivity contribution in [1.82, 2.24) is 4.90 Å². The number of benzene rings is 2. The smallest absolute Gasteiger partial charge is 0.0608 e. The average Bonchev–Trinajstić information content (AvgIpc) is 3.34. The van der Waals surface area contributed by atoms with Gasteiger partial charge in [0.1, 0.15) is 0 Å². The lowest BCUT2D eigenvalue weighted by molar-refractivity contribution is 0.273. The van der Waals surface area contributed by atoms with E-state index in [1.165, 1.54) is 44.5 Å². The Balaban J connectivity index is 0.000000970. The average molecular weight is 454 g/mol. The van der Waals surface area contributed by atoms with Crippen LogP contribution in [0.4, 0.5) is 0 Å². The molecule has 0 bridgehead atoms. The maximum absolute atomic E-state index is 4.17. The topological polar surface area (TPSA) is 3.24 Å². The van der Waals surface area contributed by atoms with Gasteiger partial charge < -0.3 is 0 Å². The Labute approximate surface area is 208 Å². The molecule has 0 spiro atoms. The Kier molecular flexibility index (Phi) is 10.5. The van der Waals surface area contributed by atoms with Crippen LogP contribution < -0.4 is 0 Å². The molecule has 4 rings (SSSR count). The van der Waals surface area contributed by atoms with Crippen molar-refractivity contribution >= 4 is 11.1 Å². The van der Waals surface area contributed by atoms with E-state index in [1.807, 2.05) is 27.7 Å². The maximum Gasteiger partial charge on any atom is 0.0608 e. The van der Waals surface area contributed by atoms with Crippen molar-refractivity contribution in [3.63, 3.8) is 0 Å². The standard InChI is InChI=1S/C29H31N.2C2H6/c1-6-13-23-20(4)22-15-9-12-18-27(22)29(23)30(5)19-28-21(8-3)24(14-7-2)25-16-10-11-17-26(25)28;2*1-2/h6-18,28-29H,3,19H2,1-2,4-5H3;2*1-2H3/b13-6-,14-7-;;. The molecule has 0 saturated heterocycles. The van der Waals surface area contributed by atoms with E-state index in [2.05, 4.69) is 118 Å². The summed E-state index contributed by atoms with van der Waals surface area (Å²) >= 11 is 0. The van der Waals surface area contributed by atoms with Crippen LogP contribution in [0.2, 0.25) is 0 Å². The van der Waals surface area contributed by atoms with Gasteiger partial charge in [-0.05, 0) is 72.4 Å². The summed E-state index contributed by atoms with van der Waals surface area (Å²) in [5.41, 5.74) is 11.0. The summed E-state index contributed by atoms with van der Waals surface area (Å²) in [7, 11) is 2.26. The first-order chi connectivity index (χ1) is 16.6. The lowest BCUT2D eigenvalue weighted by atomic mass is 9.93. The number of allylic oxidation sites excluding steroid dienone is 6. The molecular weight excluding hydrogens is 410 g/mol. The second-order valence-electron chi connectivity index (χ2n) is 8.22. The maximum atomic E-state index is 4.17. The molecule has 2 aromatic rings. The zero-order valence-electron chi connectivity index (χ0n) is 22.5. The fraction of sp³-hybridized carbons (Fsp3) is 0.333. The molecule has 1 heteroatoms. The van der Waals surface area contributed by atoms with Crippen molar-refractivity contribution in [2.45, 2.75) is 60.4 Å². The first-order valence-corrected chi connectivity index (χ1v) is 12.8. The van der Waals surface area contributed by atoms with Gasteiger partial charge in [0, 0.05) is 12.5 Å². The van der Waals surface area contributed by atoms with Crippen molar-refractivity contribution in [2.75, 3.05) is 13.6 Å². The Hall–Kier alpha value is -2.90. The number of fused-ring (bicyclic) bond motifs is 2. The van der Waals surface area contributed by atoms with Crippen LogP contribution in [-0.2, 0) is 0 Å². The highest BCUT2D eigenvalue weighted by atomic mass is 15.1. The van der Waals surface area contributed by atoms with Gasteiger partial charge in [-0.3, -0.25) is 4.90 Å². The molecule has 0 amide bonds. The van der Waals surface area contributed by atoms with Gasteiger partial charge >= 0.3 is 0 Å². The molecule has 0 heterocycles. The molecule has 180 valence electrons. The molecule has 0 saturated carbocycles. The number of rotatable bonds is 6. The summed E-state index contributed by atoms with van der Waals surface area (Å²) in [4.78, 5) is 2.52. The van der Waals surface area contributed by atoms with E-state index in [1.54, 1.807) is 0 Å². The van der Waals surface area contributed by atoms with Gasteiger partial charge in [-0.1, -0.05) is 113 Å². The molecule has 34 heavy (non-hydrogen) atoms. The number of nitrogens with zero attached hydrogens (tertiary/aromatic N) is 1. The van der Waals surface area contributed by atoms with E-state index < -0.39 is 0 Å². The van der Waals surface area contributed by atoms with Crippen molar-refractivity contribution in [3.8, 4) is 0 Å². The van der Waals surface area contributed by atoms with Gasteiger partial charge in [-0.25, -0.2) is 0 Å². The highest BCUT2D eigenvalue weighted by Crippen LogP contribution is 2.47. The van der Waals surface area contributed by atoms with E-state index in [9.17, 15) is 0 Å². The van der Waals surface area contributed by atoms with Crippen LogP contribution in [0.3, 0.4) is 0 Å². The first-order valence-electron chi connectivity index (χ1n) is 12.8. The summed E-state index contributed by atoms with van der Waals surface area (Å²) in [5.74, 6) is 0.329. The van der Waals surface area contributed by atoms with Crippen LogP contribution in [0.15, 0.2) is 96.6 Å². The Morgan fingerprint density at radius 1 is 0.794 bits per heavy atom. The van der Waals surface area contributed by atoms with Gasteiger partial charge in [-0.2, -0.15) is 0 Å². The zero-order valence-corrected chi connectivity index (χ0v) is 22.5. The van der Waals surface area contributed by atoms with Gasteiger partial charge in [0.25, 0.3) is 0 Å². The SMILES string of the molecule is C=CC1=C(/C=C\C)c2ccccc2C1CN(C)C1C(/C=C\C)=C(C)c2ccccc21.CC.CC. The second kappa shape index (κ2) is 13.1. The number of hydrogen-bond donors (Lipinski definition) is 0. The second-order valence-corrected chi connectivity index (χ2v) is 8.22. The van der Waals surface area contributed by atoms with Crippen LogP contribution >= 0.6 is 0 Å². The predicted octanol–water partition coefficient (Wildman–Crippen LogP) is 9.39.